The number of likely N-dealkylation sites (N-methyl/N-ethyl adjacent to an activating group) is 1. The van der Waals surface area contributed by atoms with Gasteiger partial charge in [-0.3, -0.25) is 14.4 Å². The minimum Gasteiger partial charge on any atom is -0.340 e. The predicted octanol–water partition coefficient (Wildman–Crippen LogP) is 2.32. The van der Waals surface area contributed by atoms with E-state index in [1.54, 1.807) is 0 Å². The van der Waals surface area contributed by atoms with Crippen molar-refractivity contribution < 1.29 is 27.6 Å². The molecule has 176 valence electrons. The molecule has 0 bridgehead atoms. The number of rotatable bonds is 6. The number of allylic oxidation sites excluding steroid dienone is 3. The lowest BCUT2D eigenvalue weighted by molar-refractivity contribution is -0.218. The van der Waals surface area contributed by atoms with Crippen LogP contribution in [0.15, 0.2) is 35.9 Å². The first-order valence-corrected chi connectivity index (χ1v) is 10.4. The molecule has 33 heavy (non-hydrogen) atoms. The van der Waals surface area contributed by atoms with Crippen LogP contribution in [-0.2, 0) is 14.4 Å². The molecule has 2 atom stereocenters. The Morgan fingerprint density at radius 1 is 1.27 bits per heavy atom. The summed E-state index contributed by atoms with van der Waals surface area (Å²) in [7, 11) is 1.13. The number of amides is 2. The third-order valence-electron chi connectivity index (χ3n) is 6.77. The van der Waals surface area contributed by atoms with E-state index in [1.807, 2.05) is 5.32 Å². The van der Waals surface area contributed by atoms with Crippen molar-refractivity contribution in [2.24, 2.45) is 11.3 Å². The monoisotopic (exact) mass is 464 g/mol. The van der Waals surface area contributed by atoms with E-state index < -0.39 is 17.7 Å². The second-order valence-electron chi connectivity index (χ2n) is 8.75. The van der Waals surface area contributed by atoms with Gasteiger partial charge >= 0.3 is 6.18 Å². The molecule has 3 fully saturated rings. The summed E-state index contributed by atoms with van der Waals surface area (Å²) in [6, 6.07) is 1.44. The first-order chi connectivity index (χ1) is 15.5. The fourth-order valence-electron chi connectivity index (χ4n) is 4.25. The van der Waals surface area contributed by atoms with E-state index in [0.29, 0.717) is 6.29 Å². The van der Waals surface area contributed by atoms with Crippen molar-refractivity contribution in [1.82, 2.24) is 20.2 Å². The van der Waals surface area contributed by atoms with Crippen LogP contribution in [0.3, 0.4) is 0 Å². The normalized spacial score (nSPS) is 27.2. The molecule has 1 saturated heterocycles. The maximum absolute atomic E-state index is 13.3. The van der Waals surface area contributed by atoms with Gasteiger partial charge in [-0.25, -0.2) is 9.97 Å². The van der Waals surface area contributed by atoms with Gasteiger partial charge in [0.15, 0.2) is 6.29 Å². The Balaban J connectivity index is 1.45. The van der Waals surface area contributed by atoms with Crippen LogP contribution in [0.4, 0.5) is 24.8 Å². The number of carbonyl (C=O) groups is 3. The summed E-state index contributed by atoms with van der Waals surface area (Å²) in [5.41, 5.74) is -2.71. The molecule has 1 spiro atoms. The van der Waals surface area contributed by atoms with Crippen LogP contribution in [0, 0.1) is 11.3 Å². The first kappa shape index (κ1) is 22.7. The number of halogens is 3. The largest absolute Gasteiger partial charge is 0.430 e. The lowest BCUT2D eigenvalue weighted by Gasteiger charge is -2.34. The van der Waals surface area contributed by atoms with Crippen LogP contribution < -0.4 is 16.0 Å². The molecule has 2 unspecified atom stereocenters. The molecule has 0 aromatic carbocycles. The van der Waals surface area contributed by atoms with E-state index in [-0.39, 0.29) is 40.3 Å². The number of anilines is 2. The third-order valence-corrected chi connectivity index (χ3v) is 6.77. The lowest BCUT2D eigenvalue weighted by Crippen LogP contribution is -2.58. The Labute approximate surface area is 187 Å². The molecule has 12 heteroatoms. The van der Waals surface area contributed by atoms with E-state index >= 15 is 0 Å². The van der Waals surface area contributed by atoms with Gasteiger partial charge in [0, 0.05) is 19.0 Å². The highest BCUT2D eigenvalue weighted by Gasteiger charge is 2.61. The highest BCUT2D eigenvalue weighted by atomic mass is 19.4. The van der Waals surface area contributed by atoms with Crippen molar-refractivity contribution in [1.29, 1.82) is 0 Å². The third kappa shape index (κ3) is 4.05. The van der Waals surface area contributed by atoms with Gasteiger partial charge in [0.1, 0.15) is 23.7 Å². The van der Waals surface area contributed by atoms with Gasteiger partial charge in [-0.05, 0) is 43.8 Å². The van der Waals surface area contributed by atoms with Gasteiger partial charge in [0.25, 0.3) is 5.91 Å². The van der Waals surface area contributed by atoms with Crippen molar-refractivity contribution in [3.05, 3.63) is 35.9 Å². The number of carbonyl (C=O) groups excluding carboxylic acids is 3. The molecule has 3 aliphatic rings. The van der Waals surface area contributed by atoms with Crippen LogP contribution in [0.2, 0.25) is 0 Å². The summed E-state index contributed by atoms with van der Waals surface area (Å²) in [4.78, 5) is 44.7. The Hall–Kier alpha value is -3.44. The van der Waals surface area contributed by atoms with Crippen LogP contribution >= 0.6 is 0 Å². The minimum absolute atomic E-state index is 0.00777. The van der Waals surface area contributed by atoms with Crippen molar-refractivity contribution in [2.45, 2.75) is 44.4 Å². The Bertz CT molecular complexity index is 1070. The zero-order valence-corrected chi connectivity index (χ0v) is 18.0. The van der Waals surface area contributed by atoms with E-state index in [9.17, 15) is 27.6 Å². The van der Waals surface area contributed by atoms with Crippen molar-refractivity contribution >= 4 is 29.7 Å². The summed E-state index contributed by atoms with van der Waals surface area (Å²) >= 11 is 0. The molecule has 1 aliphatic heterocycles. The summed E-state index contributed by atoms with van der Waals surface area (Å²) in [6.07, 6.45) is 3.38. The summed E-state index contributed by atoms with van der Waals surface area (Å²) < 4.78 is 40.0. The van der Waals surface area contributed by atoms with Gasteiger partial charge in [-0.15, -0.1) is 0 Å². The van der Waals surface area contributed by atoms with Crippen LogP contribution in [0.5, 0.6) is 0 Å². The van der Waals surface area contributed by atoms with Crippen molar-refractivity contribution in [2.75, 3.05) is 17.7 Å². The topological polar surface area (TPSA) is 116 Å². The number of aromatic nitrogens is 2. The maximum Gasteiger partial charge on any atom is 0.430 e. The summed E-state index contributed by atoms with van der Waals surface area (Å²) in [5, 5.41) is 7.37. The molecule has 1 aromatic heterocycles. The maximum atomic E-state index is 13.3. The Morgan fingerprint density at radius 2 is 1.94 bits per heavy atom. The molecule has 4 rings (SSSR count). The van der Waals surface area contributed by atoms with E-state index in [1.165, 1.54) is 18.5 Å². The summed E-state index contributed by atoms with van der Waals surface area (Å²) in [6.45, 7) is 0.847. The highest BCUT2D eigenvalue weighted by molar-refractivity contribution is 5.96. The number of nitrogens with one attached hydrogen (secondary N) is 3. The summed E-state index contributed by atoms with van der Waals surface area (Å²) in [5.74, 6) is -0.575. The predicted molar refractivity (Wildman–Crippen MR) is 111 cm³/mol. The molecule has 2 saturated carbocycles. The quantitative estimate of drug-likeness (QED) is 0.437. The lowest BCUT2D eigenvalue weighted by atomic mass is 9.80. The number of hydrogen-bond acceptors (Lipinski definition) is 7. The average molecular weight is 464 g/mol. The van der Waals surface area contributed by atoms with Gasteiger partial charge in [-0.1, -0.05) is 6.42 Å². The molecular formula is C21H23F3N6O3. The molecule has 3 N–H and O–H groups in total. The van der Waals surface area contributed by atoms with Crippen LogP contribution in [0.25, 0.3) is 0 Å². The number of aldehydes is 1. The number of nitrogens with zero attached hydrogens (tertiary/aromatic N) is 3. The second-order valence-corrected chi connectivity index (χ2v) is 8.75. The highest BCUT2D eigenvalue weighted by Crippen LogP contribution is 2.65. The van der Waals surface area contributed by atoms with Crippen LogP contribution in [0.1, 0.15) is 32.6 Å². The first-order valence-electron chi connectivity index (χ1n) is 10.4. The SMILES string of the molecule is CN1/C(=C/C=C(\C=O)Nc2cc(NC(=O)C3CC34CCC4)ncn2)C(=O)NC1(C)C(F)(F)F. The average Bonchev–Trinajstić information content (AvgIpc) is 3.44. The van der Waals surface area contributed by atoms with Gasteiger partial charge < -0.3 is 20.9 Å². The van der Waals surface area contributed by atoms with Gasteiger partial charge in [0.2, 0.25) is 11.6 Å². The van der Waals surface area contributed by atoms with Crippen LogP contribution in [-0.4, -0.2) is 51.9 Å². The fourth-order valence-corrected chi connectivity index (χ4v) is 4.25. The smallest absolute Gasteiger partial charge is 0.340 e. The number of hydrogen-bond donors (Lipinski definition) is 3. The zero-order valence-electron chi connectivity index (χ0n) is 18.0. The van der Waals surface area contributed by atoms with Crippen molar-refractivity contribution in [3.8, 4) is 0 Å². The molecule has 1 aromatic rings. The zero-order chi connectivity index (χ0) is 24.0. The van der Waals surface area contributed by atoms with Crippen molar-refractivity contribution in [3.63, 3.8) is 0 Å². The Kier molecular flexibility index (Phi) is 5.41. The Morgan fingerprint density at radius 3 is 2.45 bits per heavy atom. The molecular weight excluding hydrogens is 441 g/mol. The molecule has 2 amide bonds. The number of alkyl halides is 3. The standard InChI is InChI=1S/C21H23F3N6O3/c1-19(21(22,23)24)29-18(33)14(30(19)2)5-4-12(10-31)27-15-8-16(26-11-25-15)28-17(32)13-9-20(13)6-3-7-20/h4-5,8,10-11,13H,3,6-7,9H2,1-2H3,(H,29,33)(H2,25,26,27,28,32)/b12-4+,14-5+. The minimum atomic E-state index is -4.71. The van der Waals surface area contributed by atoms with Gasteiger partial charge in [0.05, 0.1) is 5.70 Å². The molecule has 2 aliphatic carbocycles. The van der Waals surface area contributed by atoms with E-state index in [0.717, 1.165) is 50.6 Å². The van der Waals surface area contributed by atoms with E-state index in [4.69, 9.17) is 0 Å². The van der Waals surface area contributed by atoms with Gasteiger partial charge in [-0.2, -0.15) is 13.2 Å². The van der Waals surface area contributed by atoms with E-state index in [2.05, 4.69) is 20.6 Å². The molecule has 9 nitrogen and oxygen atoms in total. The fraction of sp³-hybridized carbons (Fsp3) is 0.476. The molecule has 0 radical (unpaired) electrons. The second kappa shape index (κ2) is 7.85. The molecule has 2 heterocycles.